The molecular weight excluding hydrogens is 328 g/mol. The molecule has 0 spiro atoms. The molecule has 0 amide bonds. The number of ether oxygens (including phenoxy) is 2. The number of allylic oxidation sites excluding steroid dienone is 1. The van der Waals surface area contributed by atoms with Gasteiger partial charge in [0.2, 0.25) is 0 Å². The van der Waals surface area contributed by atoms with Crippen molar-refractivity contribution >= 4 is 11.9 Å². The van der Waals surface area contributed by atoms with Gasteiger partial charge in [-0.25, -0.2) is 4.79 Å². The number of carbonyl (C=O) groups is 2. The molecule has 0 N–H and O–H groups in total. The second kappa shape index (κ2) is 20.0. The van der Waals surface area contributed by atoms with Crippen LogP contribution in [-0.4, -0.2) is 26.2 Å². The second-order valence-electron chi connectivity index (χ2n) is 6.99. The molecule has 0 heterocycles. The van der Waals surface area contributed by atoms with E-state index in [1.807, 2.05) is 6.08 Å². The van der Waals surface area contributed by atoms with Crippen LogP contribution in [0.3, 0.4) is 0 Å². The molecule has 0 aromatic heterocycles. The number of methoxy groups -OCH3 is 2. The number of carbonyl (C=O) groups excluding carboxylic acids is 2. The van der Waals surface area contributed by atoms with Crippen LogP contribution in [0, 0.1) is 0 Å². The lowest BCUT2D eigenvalue weighted by Crippen LogP contribution is -1.99. The molecule has 4 heteroatoms. The van der Waals surface area contributed by atoms with Gasteiger partial charge in [-0.3, -0.25) is 4.79 Å². The van der Waals surface area contributed by atoms with Crippen molar-refractivity contribution in [3.63, 3.8) is 0 Å². The Bertz CT molecular complexity index is 363. The summed E-state index contributed by atoms with van der Waals surface area (Å²) in [7, 11) is 2.86. The largest absolute Gasteiger partial charge is 0.469 e. The normalized spacial score (nSPS) is 11.0. The van der Waals surface area contributed by atoms with Crippen LogP contribution in [0.15, 0.2) is 12.2 Å². The van der Waals surface area contributed by atoms with Crippen molar-refractivity contribution in [2.24, 2.45) is 0 Å². The van der Waals surface area contributed by atoms with Gasteiger partial charge >= 0.3 is 11.9 Å². The number of unbranched alkanes of at least 4 members (excludes halogenated alkanes) is 14. The molecule has 0 aliphatic heterocycles. The van der Waals surface area contributed by atoms with Gasteiger partial charge in [-0.1, -0.05) is 83.1 Å². The molecule has 0 aliphatic rings. The molecule has 0 saturated carbocycles. The summed E-state index contributed by atoms with van der Waals surface area (Å²) in [6.07, 6.45) is 22.8. The van der Waals surface area contributed by atoms with E-state index in [1.165, 1.54) is 90.9 Å². The number of esters is 2. The number of hydrogen-bond acceptors (Lipinski definition) is 4. The SMILES string of the molecule is COC(=O)C=CCCCCCCCCCCCCCCCCC(=O)OC. The number of rotatable bonds is 18. The van der Waals surface area contributed by atoms with Crippen LogP contribution < -0.4 is 0 Å². The predicted molar refractivity (Wildman–Crippen MR) is 107 cm³/mol. The van der Waals surface area contributed by atoms with E-state index in [0.717, 1.165) is 25.7 Å². The first-order chi connectivity index (χ1) is 12.7. The fraction of sp³-hybridized carbons (Fsp3) is 0.818. The first-order valence-electron chi connectivity index (χ1n) is 10.5. The fourth-order valence-corrected chi connectivity index (χ4v) is 3.00. The third-order valence-electron chi connectivity index (χ3n) is 4.68. The maximum atomic E-state index is 11.0. The Balaban J connectivity index is 3.10. The summed E-state index contributed by atoms with van der Waals surface area (Å²) in [4.78, 5) is 21.8. The highest BCUT2D eigenvalue weighted by Crippen LogP contribution is 2.13. The summed E-state index contributed by atoms with van der Waals surface area (Å²) in [5, 5.41) is 0. The standard InChI is InChI=1S/C22H40O4/c1-25-21(23)19-17-15-13-11-9-7-5-3-4-6-8-10-12-14-16-18-20-22(24)26-2/h17,19H,3-16,18,20H2,1-2H3. The monoisotopic (exact) mass is 368 g/mol. The molecule has 152 valence electrons. The quantitative estimate of drug-likeness (QED) is 0.166. The second-order valence-corrected chi connectivity index (χ2v) is 6.99. The Morgan fingerprint density at radius 3 is 1.46 bits per heavy atom. The summed E-state index contributed by atoms with van der Waals surface area (Å²) >= 11 is 0. The van der Waals surface area contributed by atoms with Crippen molar-refractivity contribution in [2.75, 3.05) is 14.2 Å². The number of hydrogen-bond donors (Lipinski definition) is 0. The Morgan fingerprint density at radius 1 is 0.615 bits per heavy atom. The van der Waals surface area contributed by atoms with Gasteiger partial charge in [-0.05, 0) is 19.3 Å². The van der Waals surface area contributed by atoms with E-state index < -0.39 is 0 Å². The first kappa shape index (κ1) is 24.7. The topological polar surface area (TPSA) is 52.6 Å². The third kappa shape index (κ3) is 19.0. The maximum absolute atomic E-state index is 11.0. The summed E-state index contributed by atoms with van der Waals surface area (Å²) < 4.78 is 9.18. The van der Waals surface area contributed by atoms with Crippen molar-refractivity contribution in [1.82, 2.24) is 0 Å². The molecule has 0 saturated heterocycles. The average molecular weight is 369 g/mol. The Hall–Kier alpha value is -1.32. The smallest absolute Gasteiger partial charge is 0.330 e. The highest BCUT2D eigenvalue weighted by molar-refractivity contribution is 5.81. The summed E-state index contributed by atoms with van der Waals surface area (Å²) in [5.74, 6) is -0.344. The van der Waals surface area contributed by atoms with E-state index >= 15 is 0 Å². The lowest BCUT2D eigenvalue weighted by Gasteiger charge is -2.03. The van der Waals surface area contributed by atoms with Crippen molar-refractivity contribution < 1.29 is 19.1 Å². The Kier molecular flexibility index (Phi) is 19.0. The molecule has 0 rings (SSSR count). The van der Waals surface area contributed by atoms with E-state index in [0.29, 0.717) is 6.42 Å². The van der Waals surface area contributed by atoms with E-state index in [-0.39, 0.29) is 11.9 Å². The molecule has 0 fully saturated rings. The summed E-state index contributed by atoms with van der Waals surface area (Å²) in [5.41, 5.74) is 0. The summed E-state index contributed by atoms with van der Waals surface area (Å²) in [6, 6.07) is 0. The van der Waals surface area contributed by atoms with Crippen LogP contribution in [0.2, 0.25) is 0 Å². The van der Waals surface area contributed by atoms with Crippen molar-refractivity contribution in [2.45, 2.75) is 103 Å². The van der Waals surface area contributed by atoms with Gasteiger partial charge in [-0.15, -0.1) is 0 Å². The van der Waals surface area contributed by atoms with Crippen molar-refractivity contribution in [3.05, 3.63) is 12.2 Å². The van der Waals surface area contributed by atoms with Gasteiger partial charge in [0, 0.05) is 12.5 Å². The predicted octanol–water partition coefficient (Wildman–Crippen LogP) is 6.13. The molecule has 26 heavy (non-hydrogen) atoms. The van der Waals surface area contributed by atoms with E-state index in [9.17, 15) is 9.59 Å². The molecule has 0 unspecified atom stereocenters. The minimum absolute atomic E-state index is 0.0830. The van der Waals surface area contributed by atoms with Crippen LogP contribution >= 0.6 is 0 Å². The van der Waals surface area contributed by atoms with Crippen LogP contribution in [0.4, 0.5) is 0 Å². The Morgan fingerprint density at radius 2 is 1.04 bits per heavy atom. The minimum atomic E-state index is -0.261. The molecule has 0 atom stereocenters. The van der Waals surface area contributed by atoms with Gasteiger partial charge in [0.15, 0.2) is 0 Å². The molecule has 0 aromatic rings. The maximum Gasteiger partial charge on any atom is 0.330 e. The zero-order valence-electron chi connectivity index (χ0n) is 17.1. The fourth-order valence-electron chi connectivity index (χ4n) is 3.00. The van der Waals surface area contributed by atoms with Crippen LogP contribution in [0.25, 0.3) is 0 Å². The highest BCUT2D eigenvalue weighted by Gasteiger charge is 1.99. The zero-order chi connectivity index (χ0) is 19.3. The zero-order valence-corrected chi connectivity index (χ0v) is 17.1. The van der Waals surface area contributed by atoms with Gasteiger partial charge < -0.3 is 9.47 Å². The molecular formula is C22H40O4. The lowest BCUT2D eigenvalue weighted by atomic mass is 10.0. The van der Waals surface area contributed by atoms with E-state index in [4.69, 9.17) is 0 Å². The van der Waals surface area contributed by atoms with Gasteiger partial charge in [0.25, 0.3) is 0 Å². The third-order valence-corrected chi connectivity index (χ3v) is 4.68. The first-order valence-corrected chi connectivity index (χ1v) is 10.5. The average Bonchev–Trinajstić information content (AvgIpc) is 2.66. The van der Waals surface area contributed by atoms with Crippen LogP contribution in [0.1, 0.15) is 103 Å². The summed E-state index contributed by atoms with van der Waals surface area (Å²) in [6.45, 7) is 0. The molecule has 0 radical (unpaired) electrons. The van der Waals surface area contributed by atoms with E-state index in [1.54, 1.807) is 0 Å². The Labute approximate surface area is 160 Å². The lowest BCUT2D eigenvalue weighted by molar-refractivity contribution is -0.140. The van der Waals surface area contributed by atoms with E-state index in [2.05, 4.69) is 9.47 Å². The molecule has 4 nitrogen and oxygen atoms in total. The molecule has 0 aliphatic carbocycles. The van der Waals surface area contributed by atoms with Crippen LogP contribution in [-0.2, 0) is 19.1 Å². The van der Waals surface area contributed by atoms with Gasteiger partial charge in [-0.2, -0.15) is 0 Å². The molecule has 0 bridgehead atoms. The minimum Gasteiger partial charge on any atom is -0.469 e. The highest BCUT2D eigenvalue weighted by atomic mass is 16.5. The van der Waals surface area contributed by atoms with Gasteiger partial charge in [0.1, 0.15) is 0 Å². The van der Waals surface area contributed by atoms with Gasteiger partial charge in [0.05, 0.1) is 14.2 Å². The van der Waals surface area contributed by atoms with Crippen molar-refractivity contribution in [1.29, 1.82) is 0 Å². The van der Waals surface area contributed by atoms with Crippen molar-refractivity contribution in [3.8, 4) is 0 Å². The molecule has 0 aromatic carbocycles. The van der Waals surface area contributed by atoms with Crippen LogP contribution in [0.5, 0.6) is 0 Å².